The molecule has 0 saturated heterocycles. The smallest absolute Gasteiger partial charge is 0.330 e. The van der Waals surface area contributed by atoms with Crippen molar-refractivity contribution in [2.75, 3.05) is 30.9 Å². The third-order valence-electron chi connectivity index (χ3n) is 5.25. The Morgan fingerprint density at radius 2 is 1.87 bits per heavy atom. The molecule has 0 unspecified atom stereocenters. The van der Waals surface area contributed by atoms with Gasteiger partial charge in [-0.05, 0) is 31.6 Å². The number of anilines is 2. The molecule has 1 aliphatic carbocycles. The fourth-order valence-corrected chi connectivity index (χ4v) is 3.70. The van der Waals surface area contributed by atoms with E-state index in [0.717, 1.165) is 32.1 Å². The molecule has 2 rings (SSSR count). The minimum absolute atomic E-state index is 0.0557. The third-order valence-corrected chi connectivity index (χ3v) is 5.25. The van der Waals surface area contributed by atoms with E-state index < -0.39 is 23.1 Å². The Balaban J connectivity index is 2.18. The minimum atomic E-state index is -0.753. The number of hydrogen-bond acceptors (Lipinski definition) is 7. The molecule has 1 saturated carbocycles. The van der Waals surface area contributed by atoms with Crippen LogP contribution in [0.15, 0.2) is 9.59 Å². The average Bonchev–Trinajstić information content (AvgIpc) is 2.72. The van der Waals surface area contributed by atoms with Gasteiger partial charge in [0, 0.05) is 26.6 Å². The number of ether oxygens (including phenoxy) is 2. The highest BCUT2D eigenvalue weighted by atomic mass is 16.5. The van der Waals surface area contributed by atoms with Gasteiger partial charge in [-0.3, -0.25) is 23.9 Å². The zero-order valence-electron chi connectivity index (χ0n) is 18.6. The van der Waals surface area contributed by atoms with Crippen molar-refractivity contribution in [2.24, 2.45) is 5.92 Å². The summed E-state index contributed by atoms with van der Waals surface area (Å²) in [6.07, 6.45) is 4.60. The summed E-state index contributed by atoms with van der Waals surface area (Å²) in [6, 6.07) is 0. The number of hydrogen-bond donors (Lipinski definition) is 2. The normalized spacial score (nSPS) is 14.6. The number of H-pyrrole nitrogens is 1. The molecule has 0 atom stereocenters. The van der Waals surface area contributed by atoms with Gasteiger partial charge in [-0.1, -0.05) is 20.3 Å². The van der Waals surface area contributed by atoms with Crippen LogP contribution in [-0.4, -0.2) is 47.8 Å². The number of aromatic amines is 1. The third kappa shape index (κ3) is 6.95. The first-order valence-corrected chi connectivity index (χ1v) is 10.9. The van der Waals surface area contributed by atoms with Gasteiger partial charge in [-0.15, -0.1) is 0 Å². The summed E-state index contributed by atoms with van der Waals surface area (Å²) in [6.45, 7) is 4.31. The summed E-state index contributed by atoms with van der Waals surface area (Å²) < 4.78 is 11.8. The van der Waals surface area contributed by atoms with Crippen molar-refractivity contribution in [3.05, 3.63) is 20.8 Å². The van der Waals surface area contributed by atoms with Crippen LogP contribution in [0, 0.1) is 5.92 Å². The number of nitrogens with two attached hydrogens (primary N) is 1. The molecule has 0 bridgehead atoms. The molecule has 1 fully saturated rings. The zero-order valence-corrected chi connectivity index (χ0v) is 18.6. The van der Waals surface area contributed by atoms with E-state index >= 15 is 0 Å². The highest BCUT2D eigenvalue weighted by molar-refractivity contribution is 5.96. The number of esters is 1. The monoisotopic (exact) mass is 438 g/mol. The van der Waals surface area contributed by atoms with Crippen molar-refractivity contribution in [1.82, 2.24) is 9.55 Å². The molecule has 0 aliphatic heterocycles. The van der Waals surface area contributed by atoms with Gasteiger partial charge in [0.15, 0.2) is 5.69 Å². The Morgan fingerprint density at radius 3 is 2.48 bits per heavy atom. The van der Waals surface area contributed by atoms with E-state index in [1.165, 1.54) is 16.6 Å². The SMILES string of the molecule is COCCN(C(=O)CCC(=O)OC1CCCCC1)c1c(N)n(CC(C)C)c(=O)[nH]c1=O. The number of carbonyl (C=O) groups excluding carboxylic acids is 2. The molecule has 10 nitrogen and oxygen atoms in total. The largest absolute Gasteiger partial charge is 0.462 e. The molecule has 0 aromatic carbocycles. The van der Waals surface area contributed by atoms with Crippen LogP contribution in [-0.2, 0) is 25.6 Å². The molecule has 0 spiro atoms. The van der Waals surface area contributed by atoms with Gasteiger partial charge in [-0.2, -0.15) is 0 Å². The fraction of sp³-hybridized carbons (Fsp3) is 0.714. The quantitative estimate of drug-likeness (QED) is 0.527. The van der Waals surface area contributed by atoms with Crippen LogP contribution in [0.3, 0.4) is 0 Å². The predicted molar refractivity (Wildman–Crippen MR) is 117 cm³/mol. The van der Waals surface area contributed by atoms with E-state index in [1.807, 2.05) is 13.8 Å². The molecule has 1 aromatic rings. The Morgan fingerprint density at radius 1 is 1.19 bits per heavy atom. The Labute approximate surface area is 181 Å². The Bertz CT molecular complexity index is 870. The van der Waals surface area contributed by atoms with Crippen molar-refractivity contribution >= 4 is 23.4 Å². The maximum absolute atomic E-state index is 12.9. The van der Waals surface area contributed by atoms with Crippen LogP contribution in [0.1, 0.15) is 58.8 Å². The van der Waals surface area contributed by atoms with Gasteiger partial charge in [0.25, 0.3) is 5.56 Å². The van der Waals surface area contributed by atoms with Crippen LogP contribution in [0.25, 0.3) is 0 Å². The molecule has 1 amide bonds. The lowest BCUT2D eigenvalue weighted by Gasteiger charge is -2.25. The van der Waals surface area contributed by atoms with Crippen LogP contribution in [0.5, 0.6) is 0 Å². The zero-order chi connectivity index (χ0) is 23.0. The molecule has 174 valence electrons. The molecular formula is C21H34N4O6. The van der Waals surface area contributed by atoms with Gasteiger partial charge in [-0.25, -0.2) is 4.79 Å². The van der Waals surface area contributed by atoms with Crippen molar-refractivity contribution in [3.8, 4) is 0 Å². The standard InChI is InChI=1S/C21H34N4O6/c1-14(2)13-25-19(22)18(20(28)23-21(25)29)24(11-12-30-3)16(26)9-10-17(27)31-15-7-5-4-6-8-15/h14-15H,4-13,22H2,1-3H3,(H,23,28,29). The lowest BCUT2D eigenvalue weighted by Crippen LogP contribution is -2.43. The fourth-order valence-electron chi connectivity index (χ4n) is 3.70. The summed E-state index contributed by atoms with van der Waals surface area (Å²) in [5, 5.41) is 0. The molecule has 10 heteroatoms. The number of nitrogens with zero attached hydrogens (tertiary/aromatic N) is 2. The maximum atomic E-state index is 12.9. The second-order valence-electron chi connectivity index (χ2n) is 8.29. The topological polar surface area (TPSA) is 137 Å². The van der Waals surface area contributed by atoms with E-state index in [9.17, 15) is 19.2 Å². The van der Waals surface area contributed by atoms with E-state index in [1.54, 1.807) is 0 Å². The first-order valence-electron chi connectivity index (χ1n) is 10.9. The summed E-state index contributed by atoms with van der Waals surface area (Å²) >= 11 is 0. The van der Waals surface area contributed by atoms with Crippen molar-refractivity contribution in [3.63, 3.8) is 0 Å². The number of nitrogen functional groups attached to an aromatic ring is 1. The molecule has 1 aliphatic rings. The maximum Gasteiger partial charge on any atom is 0.330 e. The van der Waals surface area contributed by atoms with E-state index in [4.69, 9.17) is 15.2 Å². The average molecular weight is 439 g/mol. The second kappa shape index (κ2) is 11.7. The van der Waals surface area contributed by atoms with Crippen molar-refractivity contribution in [2.45, 2.75) is 71.4 Å². The van der Waals surface area contributed by atoms with Crippen molar-refractivity contribution < 1.29 is 19.1 Å². The number of amides is 1. The summed E-state index contributed by atoms with van der Waals surface area (Å²) in [5.74, 6) is -0.892. The first-order chi connectivity index (χ1) is 14.7. The lowest BCUT2D eigenvalue weighted by molar-refractivity contribution is -0.151. The molecule has 1 heterocycles. The van der Waals surface area contributed by atoms with Gasteiger partial charge >= 0.3 is 11.7 Å². The minimum Gasteiger partial charge on any atom is -0.462 e. The summed E-state index contributed by atoms with van der Waals surface area (Å²) in [4.78, 5) is 53.3. The number of methoxy groups -OCH3 is 1. The van der Waals surface area contributed by atoms with Gasteiger partial charge in [0.1, 0.15) is 11.9 Å². The number of rotatable bonds is 10. The first kappa shape index (κ1) is 24.6. The van der Waals surface area contributed by atoms with Crippen LogP contribution >= 0.6 is 0 Å². The predicted octanol–water partition coefficient (Wildman–Crippen LogP) is 1.41. The molecule has 31 heavy (non-hydrogen) atoms. The molecule has 3 N–H and O–H groups in total. The second-order valence-corrected chi connectivity index (χ2v) is 8.29. The van der Waals surface area contributed by atoms with Crippen molar-refractivity contribution in [1.29, 1.82) is 0 Å². The molecule has 0 radical (unpaired) electrons. The molecular weight excluding hydrogens is 404 g/mol. The summed E-state index contributed by atoms with van der Waals surface area (Å²) in [7, 11) is 1.47. The Hall–Kier alpha value is -2.62. The number of nitrogens with one attached hydrogen (secondary N) is 1. The highest BCUT2D eigenvalue weighted by Gasteiger charge is 2.25. The van der Waals surface area contributed by atoms with E-state index in [0.29, 0.717) is 0 Å². The summed E-state index contributed by atoms with van der Waals surface area (Å²) in [5.41, 5.74) is 4.65. The van der Waals surface area contributed by atoms with Gasteiger partial charge in [0.05, 0.1) is 13.0 Å². The highest BCUT2D eigenvalue weighted by Crippen LogP contribution is 2.22. The van der Waals surface area contributed by atoms with Gasteiger partial charge in [0.2, 0.25) is 5.91 Å². The lowest BCUT2D eigenvalue weighted by atomic mass is 9.98. The number of aromatic nitrogens is 2. The Kier molecular flexibility index (Phi) is 9.29. The van der Waals surface area contributed by atoms with Crippen LogP contribution in [0.2, 0.25) is 0 Å². The van der Waals surface area contributed by atoms with Gasteiger partial charge < -0.3 is 20.1 Å². The van der Waals surface area contributed by atoms with Crippen LogP contribution < -0.4 is 21.9 Å². The molecule has 1 aromatic heterocycles. The van der Waals surface area contributed by atoms with E-state index in [2.05, 4.69) is 4.98 Å². The van der Waals surface area contributed by atoms with Crippen LogP contribution in [0.4, 0.5) is 11.5 Å². The number of carbonyl (C=O) groups is 2. The van der Waals surface area contributed by atoms with E-state index in [-0.39, 0.29) is 56.1 Å².